The van der Waals surface area contributed by atoms with Gasteiger partial charge in [0.25, 0.3) is 0 Å². The number of benzene rings is 1. The normalized spacial score (nSPS) is 12.5. The molecule has 0 saturated carbocycles. The first-order chi connectivity index (χ1) is 17.1. The van der Waals surface area contributed by atoms with Crippen molar-refractivity contribution >= 4 is 0 Å². The number of phenolic OH excluding ortho intramolecular Hbond substituents is 1. The van der Waals surface area contributed by atoms with E-state index in [-0.39, 0.29) is 16.7 Å². The van der Waals surface area contributed by atoms with Gasteiger partial charge in [0.2, 0.25) is 0 Å². The highest BCUT2D eigenvalue weighted by molar-refractivity contribution is 5.78. The van der Waals surface area contributed by atoms with Crippen LogP contribution < -0.4 is 0 Å². The van der Waals surface area contributed by atoms with Crippen LogP contribution in [0.5, 0.6) is 5.75 Å². The molecule has 4 aliphatic rings. The molecule has 0 unspecified atom stereocenters. The minimum Gasteiger partial charge on any atom is -0.507 e. The molecule has 4 aliphatic carbocycles. The van der Waals surface area contributed by atoms with Crippen LogP contribution in [0, 0.1) is 0 Å². The molecule has 5 rings (SSSR count). The lowest BCUT2D eigenvalue weighted by Crippen LogP contribution is -2.19. The molecular formula is C35H36O. The van der Waals surface area contributed by atoms with E-state index in [4.69, 9.17) is 0 Å². The number of aromatic hydroxyl groups is 1. The van der Waals surface area contributed by atoms with Crippen molar-refractivity contribution in [2.24, 2.45) is 0 Å². The number of rotatable bonds is 3. The highest BCUT2D eigenvalue weighted by Crippen LogP contribution is 2.48. The molecule has 0 bridgehead atoms. The van der Waals surface area contributed by atoms with Crippen molar-refractivity contribution in [3.05, 3.63) is 125 Å². The van der Waals surface area contributed by atoms with Gasteiger partial charge in [0.05, 0.1) is 0 Å². The van der Waals surface area contributed by atoms with Gasteiger partial charge in [-0.3, -0.25) is 0 Å². The maximum atomic E-state index is 11.4. The molecule has 1 nitrogen and oxygen atoms in total. The molecule has 1 N–H and O–H groups in total. The number of fused-ring (bicyclic) bond motifs is 2. The monoisotopic (exact) mass is 472 g/mol. The highest BCUT2D eigenvalue weighted by atomic mass is 16.3. The van der Waals surface area contributed by atoms with E-state index in [0.717, 1.165) is 11.1 Å². The van der Waals surface area contributed by atoms with Crippen LogP contribution in [0.3, 0.4) is 0 Å². The van der Waals surface area contributed by atoms with Gasteiger partial charge in [0, 0.05) is 5.92 Å². The molecule has 1 aromatic rings. The topological polar surface area (TPSA) is 20.2 Å². The van der Waals surface area contributed by atoms with Crippen LogP contribution >= 0.6 is 0 Å². The lowest BCUT2D eigenvalue weighted by Gasteiger charge is -2.30. The van der Waals surface area contributed by atoms with Crippen molar-refractivity contribution in [2.75, 3.05) is 0 Å². The Morgan fingerprint density at radius 2 is 0.944 bits per heavy atom. The summed E-state index contributed by atoms with van der Waals surface area (Å²) in [5, 5.41) is 11.4. The van der Waals surface area contributed by atoms with Gasteiger partial charge < -0.3 is 5.11 Å². The summed E-state index contributed by atoms with van der Waals surface area (Å²) in [6, 6.07) is 35.0. The van der Waals surface area contributed by atoms with Crippen molar-refractivity contribution in [3.8, 4) is 28.0 Å². The Hall–Kier alpha value is -3.58. The molecule has 0 heterocycles. The van der Waals surface area contributed by atoms with Gasteiger partial charge >= 0.3 is 0 Å². The van der Waals surface area contributed by atoms with Gasteiger partial charge in [0.1, 0.15) is 5.75 Å². The fourth-order valence-electron chi connectivity index (χ4n) is 5.47. The van der Waals surface area contributed by atoms with Crippen molar-refractivity contribution in [2.45, 2.75) is 58.3 Å². The standard InChI is InChI=1S/C35H36O/c1-34(2,3)30-21-25(22-31(33(30)36)35(4,5)6)32(28-19-17-23-13-9-7-11-15-26(23)28)29-20-18-24-14-10-8-12-16-27(24)29/h7-22,32,36H,1-6H3. The average molecular weight is 473 g/mol. The molecule has 36 heavy (non-hydrogen) atoms. The molecule has 0 saturated heterocycles. The minimum absolute atomic E-state index is 0.0348. The van der Waals surface area contributed by atoms with Crippen molar-refractivity contribution in [3.63, 3.8) is 0 Å². The first-order valence-electron chi connectivity index (χ1n) is 12.9. The predicted octanol–water partition coefficient (Wildman–Crippen LogP) is 9.38. The molecule has 1 aromatic carbocycles. The van der Waals surface area contributed by atoms with Gasteiger partial charge in [-0.25, -0.2) is 0 Å². The lowest BCUT2D eigenvalue weighted by atomic mass is 9.74. The number of hydrogen-bond acceptors (Lipinski definition) is 1. The lowest BCUT2D eigenvalue weighted by molar-refractivity contribution is 0.422. The van der Waals surface area contributed by atoms with Crippen LogP contribution in [-0.4, -0.2) is 5.11 Å². The third-order valence-corrected chi connectivity index (χ3v) is 7.35. The van der Waals surface area contributed by atoms with Gasteiger partial charge in [-0.1, -0.05) is 139 Å². The Labute approximate surface area is 216 Å². The zero-order chi connectivity index (χ0) is 25.7. The Bertz CT molecular complexity index is 1350. The van der Waals surface area contributed by atoms with E-state index in [9.17, 15) is 5.11 Å². The summed E-state index contributed by atoms with van der Waals surface area (Å²) in [7, 11) is 0. The maximum Gasteiger partial charge on any atom is 0.123 e. The quantitative estimate of drug-likeness (QED) is 0.277. The van der Waals surface area contributed by atoms with Gasteiger partial charge in [-0.15, -0.1) is 0 Å². The Morgan fingerprint density at radius 1 is 0.528 bits per heavy atom. The third kappa shape index (κ3) is 4.28. The summed E-state index contributed by atoms with van der Waals surface area (Å²) in [5.74, 6) is 0.461. The SMILES string of the molecule is CC(C)(C)c1cc(C(c2ccc3cccccc2-3)c2ccc3cccccc2-3)cc(C(C)(C)C)c1O. The smallest absolute Gasteiger partial charge is 0.123 e. The van der Waals surface area contributed by atoms with E-state index in [0.29, 0.717) is 5.75 Å². The molecule has 0 aromatic heterocycles. The largest absolute Gasteiger partial charge is 0.507 e. The van der Waals surface area contributed by atoms with E-state index < -0.39 is 0 Å². The third-order valence-electron chi connectivity index (χ3n) is 7.35. The molecule has 1 heteroatoms. The van der Waals surface area contributed by atoms with Crippen molar-refractivity contribution < 1.29 is 5.11 Å². The minimum atomic E-state index is -0.189. The maximum absolute atomic E-state index is 11.4. The summed E-state index contributed by atoms with van der Waals surface area (Å²) in [4.78, 5) is 0. The predicted molar refractivity (Wildman–Crippen MR) is 153 cm³/mol. The van der Waals surface area contributed by atoms with Crippen LogP contribution in [0.2, 0.25) is 0 Å². The van der Waals surface area contributed by atoms with Crippen LogP contribution in [-0.2, 0) is 10.8 Å². The molecule has 0 aliphatic heterocycles. The number of hydrogen-bond donors (Lipinski definition) is 1. The summed E-state index contributed by atoms with van der Waals surface area (Å²) in [5.41, 5.74) is 10.5. The average Bonchev–Trinajstić information content (AvgIpc) is 3.18. The second-order valence-corrected chi connectivity index (χ2v) is 12.0. The van der Waals surface area contributed by atoms with Gasteiger partial charge in [-0.05, 0) is 60.9 Å². The molecule has 0 spiro atoms. The van der Waals surface area contributed by atoms with Gasteiger partial charge in [0.15, 0.2) is 0 Å². The molecule has 0 amide bonds. The first kappa shape index (κ1) is 24.1. The molecule has 0 atom stereocenters. The molecular weight excluding hydrogens is 436 g/mol. The summed E-state index contributed by atoms with van der Waals surface area (Å²) < 4.78 is 0. The fraction of sp³-hybridized carbons (Fsp3) is 0.257. The van der Waals surface area contributed by atoms with Crippen LogP contribution in [0.15, 0.2) is 97.1 Å². The summed E-state index contributed by atoms with van der Waals surface area (Å²) >= 11 is 0. The van der Waals surface area contributed by atoms with E-state index in [1.165, 1.54) is 38.9 Å². The second-order valence-electron chi connectivity index (χ2n) is 12.0. The van der Waals surface area contributed by atoms with E-state index >= 15 is 0 Å². The Kier molecular flexibility index (Phi) is 5.91. The number of phenols is 1. The molecule has 182 valence electrons. The summed E-state index contributed by atoms with van der Waals surface area (Å²) in [6.07, 6.45) is 0. The van der Waals surface area contributed by atoms with Crippen molar-refractivity contribution in [1.29, 1.82) is 0 Å². The van der Waals surface area contributed by atoms with E-state index in [1.54, 1.807) is 0 Å². The van der Waals surface area contributed by atoms with Crippen LogP contribution in [0.25, 0.3) is 22.3 Å². The van der Waals surface area contributed by atoms with Crippen molar-refractivity contribution in [1.82, 2.24) is 0 Å². The first-order valence-corrected chi connectivity index (χ1v) is 12.9. The zero-order valence-electron chi connectivity index (χ0n) is 22.3. The Balaban J connectivity index is 1.85. The molecule has 0 radical (unpaired) electrons. The van der Waals surface area contributed by atoms with Gasteiger partial charge in [-0.2, -0.15) is 0 Å². The molecule has 0 fully saturated rings. The summed E-state index contributed by atoms with van der Waals surface area (Å²) in [6.45, 7) is 13.1. The van der Waals surface area contributed by atoms with E-state index in [2.05, 4.69) is 139 Å². The van der Waals surface area contributed by atoms with Crippen LogP contribution in [0.1, 0.15) is 75.3 Å². The highest BCUT2D eigenvalue weighted by Gasteiger charge is 2.31. The Morgan fingerprint density at radius 3 is 1.36 bits per heavy atom. The van der Waals surface area contributed by atoms with Crippen LogP contribution in [0.4, 0.5) is 0 Å². The van der Waals surface area contributed by atoms with E-state index in [1.807, 2.05) is 0 Å². The second kappa shape index (κ2) is 8.82. The zero-order valence-corrected chi connectivity index (χ0v) is 22.3. The fourth-order valence-corrected chi connectivity index (χ4v) is 5.47.